The Morgan fingerprint density at radius 3 is 2.44 bits per heavy atom. The summed E-state index contributed by atoms with van der Waals surface area (Å²) in [5, 5.41) is 9.58. The molecule has 1 aliphatic rings. The van der Waals surface area contributed by atoms with Gasteiger partial charge < -0.3 is 5.11 Å². The van der Waals surface area contributed by atoms with Crippen LogP contribution in [-0.2, 0) is 9.59 Å². The van der Waals surface area contributed by atoms with E-state index in [1.807, 2.05) is 0 Å². The lowest BCUT2D eigenvalue weighted by molar-refractivity contribution is -0.119. The minimum absolute atomic E-state index is 0.135. The molecule has 4 nitrogen and oxygen atoms in total. The molecule has 0 unspecified atom stereocenters. The molecule has 0 saturated heterocycles. The van der Waals surface area contributed by atoms with Crippen molar-refractivity contribution in [1.29, 1.82) is 0 Å². The highest BCUT2D eigenvalue weighted by molar-refractivity contribution is 8.04. The number of aliphatic hydroxyl groups excluding tert-OH is 1. The van der Waals surface area contributed by atoms with Crippen molar-refractivity contribution < 1.29 is 19.1 Å². The quantitative estimate of drug-likeness (QED) is 0.810. The van der Waals surface area contributed by atoms with E-state index in [-0.39, 0.29) is 28.5 Å². The number of hydrogen-bond donors (Lipinski definition) is 1. The molecule has 7 heteroatoms. The van der Waals surface area contributed by atoms with E-state index in [1.165, 1.54) is 18.2 Å². The van der Waals surface area contributed by atoms with Crippen molar-refractivity contribution in [2.75, 3.05) is 17.3 Å². The minimum Gasteiger partial charge on any atom is -0.396 e. The number of imide groups is 1. The lowest BCUT2D eigenvalue weighted by Crippen LogP contribution is -2.31. The second-order valence-electron chi connectivity index (χ2n) is 5.21. The number of rotatable bonds is 5. The Labute approximate surface area is 152 Å². The van der Waals surface area contributed by atoms with Gasteiger partial charge in [0.2, 0.25) is 0 Å². The van der Waals surface area contributed by atoms with Gasteiger partial charge in [0.1, 0.15) is 5.82 Å². The summed E-state index contributed by atoms with van der Waals surface area (Å²) in [5.74, 6) is -1.33. The monoisotopic (exact) mass is 377 g/mol. The Morgan fingerprint density at radius 2 is 1.80 bits per heavy atom. The molecule has 25 heavy (non-hydrogen) atoms. The molecule has 0 aromatic heterocycles. The average molecular weight is 378 g/mol. The van der Waals surface area contributed by atoms with Crippen LogP contribution in [0.5, 0.6) is 0 Å². The van der Waals surface area contributed by atoms with Gasteiger partial charge >= 0.3 is 0 Å². The van der Waals surface area contributed by atoms with Crippen LogP contribution in [0.2, 0.25) is 5.02 Å². The fourth-order valence-electron chi connectivity index (χ4n) is 2.51. The molecular formula is C18H13ClFNO3S. The SMILES string of the molecule is O=C1C(SCCO)=C(c2ccc(Cl)cc2)C(=O)N1c1cccc(F)c1. The average Bonchev–Trinajstić information content (AvgIpc) is 2.84. The van der Waals surface area contributed by atoms with Gasteiger partial charge in [-0.25, -0.2) is 9.29 Å². The van der Waals surface area contributed by atoms with Crippen molar-refractivity contribution in [1.82, 2.24) is 0 Å². The normalized spacial score (nSPS) is 14.6. The van der Waals surface area contributed by atoms with Crippen molar-refractivity contribution >= 4 is 46.4 Å². The number of carbonyl (C=O) groups is 2. The van der Waals surface area contributed by atoms with Crippen LogP contribution in [0.1, 0.15) is 5.56 Å². The fourth-order valence-corrected chi connectivity index (χ4v) is 3.50. The number of halogens is 2. The summed E-state index contributed by atoms with van der Waals surface area (Å²) < 4.78 is 13.5. The molecule has 0 radical (unpaired) electrons. The largest absolute Gasteiger partial charge is 0.396 e. The maximum absolute atomic E-state index is 13.5. The number of benzene rings is 2. The first-order valence-electron chi connectivity index (χ1n) is 7.41. The summed E-state index contributed by atoms with van der Waals surface area (Å²) in [6.45, 7) is -0.135. The molecule has 0 fully saturated rings. The molecule has 128 valence electrons. The second kappa shape index (κ2) is 7.39. The van der Waals surface area contributed by atoms with E-state index >= 15 is 0 Å². The maximum Gasteiger partial charge on any atom is 0.272 e. The van der Waals surface area contributed by atoms with Gasteiger partial charge in [0.25, 0.3) is 11.8 Å². The standard InChI is InChI=1S/C18H13ClFNO3S/c19-12-6-4-11(5-7-12)15-16(25-9-8-22)18(24)21(17(15)23)14-3-1-2-13(20)10-14/h1-7,10,22H,8-9H2. The topological polar surface area (TPSA) is 57.6 Å². The Hall–Kier alpha value is -2.15. The van der Waals surface area contributed by atoms with E-state index in [0.29, 0.717) is 10.6 Å². The molecule has 3 rings (SSSR count). The van der Waals surface area contributed by atoms with Crippen molar-refractivity contribution in [3.05, 3.63) is 69.8 Å². The third kappa shape index (κ3) is 3.46. The van der Waals surface area contributed by atoms with E-state index in [2.05, 4.69) is 0 Å². The Balaban J connectivity index is 2.07. The van der Waals surface area contributed by atoms with Crippen LogP contribution in [0.4, 0.5) is 10.1 Å². The Morgan fingerprint density at radius 1 is 1.08 bits per heavy atom. The second-order valence-corrected chi connectivity index (χ2v) is 6.75. The fraction of sp³-hybridized carbons (Fsp3) is 0.111. The smallest absolute Gasteiger partial charge is 0.272 e. The predicted octanol–water partition coefficient (Wildman–Crippen LogP) is 3.49. The van der Waals surface area contributed by atoms with Crippen LogP contribution in [0.15, 0.2) is 53.4 Å². The van der Waals surface area contributed by atoms with Crippen LogP contribution in [0.3, 0.4) is 0 Å². The molecule has 0 spiro atoms. The number of hydrogen-bond acceptors (Lipinski definition) is 4. The highest BCUT2D eigenvalue weighted by Crippen LogP contribution is 2.38. The van der Waals surface area contributed by atoms with Crippen molar-refractivity contribution in [2.45, 2.75) is 0 Å². The highest BCUT2D eigenvalue weighted by atomic mass is 35.5. The van der Waals surface area contributed by atoms with Gasteiger partial charge in [-0.15, -0.1) is 11.8 Å². The van der Waals surface area contributed by atoms with Gasteiger partial charge in [0.15, 0.2) is 0 Å². The number of nitrogens with zero attached hydrogens (tertiary/aromatic N) is 1. The summed E-state index contributed by atoms with van der Waals surface area (Å²) in [5.41, 5.74) is 0.938. The van der Waals surface area contributed by atoms with Gasteiger partial charge in [-0.2, -0.15) is 0 Å². The van der Waals surface area contributed by atoms with E-state index in [4.69, 9.17) is 16.7 Å². The first-order valence-corrected chi connectivity index (χ1v) is 8.77. The van der Waals surface area contributed by atoms with Crippen LogP contribution in [0, 0.1) is 5.82 Å². The molecule has 0 bridgehead atoms. The zero-order valence-corrected chi connectivity index (χ0v) is 14.5. The van der Waals surface area contributed by atoms with E-state index in [1.54, 1.807) is 24.3 Å². The first-order chi connectivity index (χ1) is 12.0. The predicted molar refractivity (Wildman–Crippen MR) is 96.8 cm³/mol. The number of amides is 2. The zero-order valence-electron chi connectivity index (χ0n) is 12.9. The minimum atomic E-state index is -0.539. The van der Waals surface area contributed by atoms with Crippen LogP contribution >= 0.6 is 23.4 Å². The van der Waals surface area contributed by atoms with Crippen LogP contribution in [-0.4, -0.2) is 29.3 Å². The van der Waals surface area contributed by atoms with Gasteiger partial charge in [-0.3, -0.25) is 9.59 Å². The number of aliphatic hydroxyl groups is 1. The Bertz CT molecular complexity index is 867. The third-order valence-electron chi connectivity index (χ3n) is 3.58. The highest BCUT2D eigenvalue weighted by Gasteiger charge is 2.40. The van der Waals surface area contributed by atoms with Crippen molar-refractivity contribution in [3.8, 4) is 0 Å². The molecule has 1 aliphatic heterocycles. The lowest BCUT2D eigenvalue weighted by atomic mass is 10.1. The van der Waals surface area contributed by atoms with E-state index in [0.717, 1.165) is 22.7 Å². The number of thioether (sulfide) groups is 1. The van der Waals surface area contributed by atoms with Crippen molar-refractivity contribution in [3.63, 3.8) is 0 Å². The third-order valence-corrected chi connectivity index (χ3v) is 4.88. The van der Waals surface area contributed by atoms with Gasteiger partial charge in [0, 0.05) is 10.8 Å². The summed E-state index contributed by atoms with van der Waals surface area (Å²) in [6.07, 6.45) is 0. The number of carbonyl (C=O) groups excluding carboxylic acids is 2. The molecular weight excluding hydrogens is 365 g/mol. The van der Waals surface area contributed by atoms with E-state index < -0.39 is 17.6 Å². The lowest BCUT2D eigenvalue weighted by Gasteiger charge is -2.15. The zero-order chi connectivity index (χ0) is 18.0. The summed E-state index contributed by atoms with van der Waals surface area (Å²) >= 11 is 6.98. The molecule has 0 saturated carbocycles. The van der Waals surface area contributed by atoms with Crippen molar-refractivity contribution in [2.24, 2.45) is 0 Å². The summed E-state index contributed by atoms with van der Waals surface area (Å²) in [6, 6.07) is 11.9. The molecule has 0 aliphatic carbocycles. The molecule has 2 aromatic carbocycles. The number of anilines is 1. The molecule has 1 heterocycles. The molecule has 1 N–H and O–H groups in total. The maximum atomic E-state index is 13.5. The molecule has 2 amide bonds. The molecule has 2 aromatic rings. The van der Waals surface area contributed by atoms with E-state index in [9.17, 15) is 14.0 Å². The molecule has 0 atom stereocenters. The summed E-state index contributed by atoms with van der Waals surface area (Å²) in [7, 11) is 0. The summed E-state index contributed by atoms with van der Waals surface area (Å²) in [4.78, 5) is 26.9. The van der Waals surface area contributed by atoms with Crippen LogP contribution < -0.4 is 4.90 Å². The first kappa shape index (κ1) is 17.7. The van der Waals surface area contributed by atoms with Gasteiger partial charge in [0.05, 0.1) is 22.8 Å². The van der Waals surface area contributed by atoms with Gasteiger partial charge in [-0.1, -0.05) is 29.8 Å². The van der Waals surface area contributed by atoms with Crippen LogP contribution in [0.25, 0.3) is 5.57 Å². The Kier molecular flexibility index (Phi) is 5.22. The van der Waals surface area contributed by atoms with Gasteiger partial charge in [-0.05, 0) is 35.9 Å².